The van der Waals surface area contributed by atoms with Gasteiger partial charge in [-0.25, -0.2) is 4.39 Å². The third-order valence-corrected chi connectivity index (χ3v) is 5.81. The zero-order chi connectivity index (χ0) is 18.7. The quantitative estimate of drug-likeness (QED) is 0.504. The number of carbonyl (C=O) groups is 1. The van der Waals surface area contributed by atoms with Crippen molar-refractivity contribution in [2.45, 2.75) is 25.8 Å². The molecule has 0 aliphatic heterocycles. The molecule has 0 aliphatic carbocycles. The van der Waals surface area contributed by atoms with Gasteiger partial charge in [-0.05, 0) is 62.6 Å². The summed E-state index contributed by atoms with van der Waals surface area (Å²) in [4.78, 5) is 13.8. The molecule has 3 rings (SSSR count). The lowest BCUT2D eigenvalue weighted by atomic mass is 9.98. The first kappa shape index (κ1) is 18.8. The van der Waals surface area contributed by atoms with E-state index < -0.39 is 0 Å². The monoisotopic (exact) mass is 431 g/mol. The molecule has 2 aromatic carbocycles. The number of hydrogen-bond acceptors (Lipinski definition) is 2. The van der Waals surface area contributed by atoms with E-state index in [9.17, 15) is 9.18 Å². The second kappa shape index (κ2) is 8.14. The van der Waals surface area contributed by atoms with Crippen LogP contribution in [0.15, 0.2) is 64.5 Å². The third kappa shape index (κ3) is 4.22. The number of halogens is 2. The second-order valence-corrected chi connectivity index (χ2v) is 8.20. The molecule has 2 nitrogen and oxygen atoms in total. The predicted octanol–water partition coefficient (Wildman–Crippen LogP) is 6.29. The lowest BCUT2D eigenvalue weighted by Gasteiger charge is -2.19. The van der Waals surface area contributed by atoms with E-state index in [1.54, 1.807) is 11.3 Å². The van der Waals surface area contributed by atoms with Crippen LogP contribution in [-0.4, -0.2) is 5.91 Å². The van der Waals surface area contributed by atoms with Crippen LogP contribution in [-0.2, 0) is 0 Å². The largest absolute Gasteiger partial charge is 0.340 e. The maximum absolute atomic E-state index is 13.3. The number of amides is 1. The van der Waals surface area contributed by atoms with Crippen molar-refractivity contribution in [3.8, 4) is 0 Å². The van der Waals surface area contributed by atoms with E-state index in [1.807, 2.05) is 17.5 Å². The van der Waals surface area contributed by atoms with Crippen molar-refractivity contribution in [3.05, 3.63) is 91.8 Å². The van der Waals surface area contributed by atoms with Crippen LogP contribution in [0.2, 0.25) is 0 Å². The van der Waals surface area contributed by atoms with E-state index in [2.05, 4.69) is 59.4 Å². The van der Waals surface area contributed by atoms with Crippen molar-refractivity contribution < 1.29 is 9.18 Å². The molecule has 0 saturated carbocycles. The summed E-state index contributed by atoms with van der Waals surface area (Å²) in [6.07, 6.45) is 0. The molecule has 1 aromatic heterocycles. The van der Waals surface area contributed by atoms with Crippen LogP contribution in [0.1, 0.15) is 52.2 Å². The molecule has 5 heteroatoms. The number of carbonyl (C=O) groups excluding carboxylic acids is 1. The van der Waals surface area contributed by atoms with E-state index >= 15 is 0 Å². The van der Waals surface area contributed by atoms with Gasteiger partial charge in [0.15, 0.2) is 0 Å². The molecule has 1 heterocycles. The van der Waals surface area contributed by atoms with E-state index in [-0.39, 0.29) is 17.8 Å². The fourth-order valence-corrected chi connectivity index (χ4v) is 4.06. The van der Waals surface area contributed by atoms with Crippen molar-refractivity contribution in [1.82, 2.24) is 5.32 Å². The second-order valence-electron chi connectivity index (χ2n) is 6.37. The van der Waals surface area contributed by atoms with Crippen LogP contribution < -0.4 is 5.32 Å². The number of nitrogens with one attached hydrogen (secondary N) is 1. The maximum atomic E-state index is 13.3. The van der Waals surface area contributed by atoms with Gasteiger partial charge in [-0.3, -0.25) is 4.79 Å². The number of rotatable bonds is 5. The average Bonchev–Trinajstić information content (AvgIpc) is 3.14. The Morgan fingerprint density at radius 3 is 2.35 bits per heavy atom. The molecule has 134 valence electrons. The fourth-order valence-electron chi connectivity index (χ4n) is 2.73. The zero-order valence-corrected chi connectivity index (χ0v) is 16.9. The van der Waals surface area contributed by atoms with E-state index in [0.717, 1.165) is 10.4 Å². The fraction of sp³-hybridized carbons (Fsp3) is 0.190. The van der Waals surface area contributed by atoms with Gasteiger partial charge in [0.25, 0.3) is 5.91 Å². The number of hydrogen-bond donors (Lipinski definition) is 1. The molecule has 0 fully saturated rings. The van der Waals surface area contributed by atoms with E-state index in [0.29, 0.717) is 16.0 Å². The van der Waals surface area contributed by atoms with Crippen LogP contribution >= 0.6 is 27.3 Å². The molecule has 0 bridgehead atoms. The lowest BCUT2D eigenvalue weighted by molar-refractivity contribution is 0.0942. The molecular weight excluding hydrogens is 413 g/mol. The number of benzene rings is 2. The minimum Gasteiger partial charge on any atom is -0.340 e. The molecule has 1 amide bonds. The van der Waals surface area contributed by atoms with Gasteiger partial charge < -0.3 is 5.32 Å². The first-order chi connectivity index (χ1) is 12.5. The zero-order valence-electron chi connectivity index (χ0n) is 14.5. The van der Waals surface area contributed by atoms with Gasteiger partial charge in [-0.2, -0.15) is 0 Å². The topological polar surface area (TPSA) is 29.1 Å². The molecular formula is C21H19BrFNOS. The Balaban J connectivity index is 1.91. The average molecular weight is 432 g/mol. The first-order valence-electron chi connectivity index (χ1n) is 8.35. The van der Waals surface area contributed by atoms with Gasteiger partial charge in [0.1, 0.15) is 5.82 Å². The summed E-state index contributed by atoms with van der Waals surface area (Å²) in [6, 6.07) is 16.1. The third-order valence-electron chi connectivity index (χ3n) is 4.22. The highest BCUT2D eigenvalue weighted by atomic mass is 79.9. The van der Waals surface area contributed by atoms with Crippen molar-refractivity contribution in [2.75, 3.05) is 0 Å². The van der Waals surface area contributed by atoms with Gasteiger partial charge in [-0.15, -0.1) is 11.3 Å². The minimum atomic E-state index is -0.382. The maximum Gasteiger partial charge on any atom is 0.253 e. The highest BCUT2D eigenvalue weighted by Gasteiger charge is 2.20. The van der Waals surface area contributed by atoms with Crippen LogP contribution in [0.5, 0.6) is 0 Å². The Bertz CT molecular complexity index is 891. The lowest BCUT2D eigenvalue weighted by Crippen LogP contribution is -2.29. The van der Waals surface area contributed by atoms with E-state index in [1.165, 1.54) is 23.8 Å². The SMILES string of the molecule is CC(C)c1ccc(C(NC(=O)c2ccc(F)cc2Br)c2cccs2)cc1. The van der Waals surface area contributed by atoms with Crippen molar-refractivity contribution in [3.63, 3.8) is 0 Å². The Morgan fingerprint density at radius 2 is 1.77 bits per heavy atom. The molecule has 1 unspecified atom stereocenters. The molecule has 1 atom stereocenters. The van der Waals surface area contributed by atoms with Gasteiger partial charge in [-0.1, -0.05) is 44.2 Å². The molecule has 0 saturated heterocycles. The van der Waals surface area contributed by atoms with Crippen LogP contribution in [0.4, 0.5) is 4.39 Å². The molecule has 0 spiro atoms. The first-order valence-corrected chi connectivity index (χ1v) is 10.0. The van der Waals surface area contributed by atoms with Crippen molar-refractivity contribution in [2.24, 2.45) is 0 Å². The molecule has 26 heavy (non-hydrogen) atoms. The smallest absolute Gasteiger partial charge is 0.253 e. The van der Waals surface area contributed by atoms with Crippen molar-refractivity contribution in [1.29, 1.82) is 0 Å². The molecule has 3 aromatic rings. The molecule has 0 aliphatic rings. The summed E-state index contributed by atoms with van der Waals surface area (Å²) >= 11 is 4.86. The van der Waals surface area contributed by atoms with Gasteiger partial charge in [0.2, 0.25) is 0 Å². The standard InChI is InChI=1S/C21H19BrFNOS/c1-13(2)14-5-7-15(8-6-14)20(19-4-3-11-26-19)24-21(25)17-10-9-16(23)12-18(17)22/h3-13,20H,1-2H3,(H,24,25). The number of thiophene rings is 1. The van der Waals surface area contributed by atoms with Crippen LogP contribution in [0, 0.1) is 5.82 Å². The summed E-state index contributed by atoms with van der Waals surface area (Å²) in [5.41, 5.74) is 2.68. The minimum absolute atomic E-state index is 0.247. The van der Waals surface area contributed by atoms with Gasteiger partial charge in [0, 0.05) is 9.35 Å². The molecule has 1 N–H and O–H groups in total. The summed E-state index contributed by atoms with van der Waals surface area (Å²) in [6.45, 7) is 4.30. The predicted molar refractivity (Wildman–Crippen MR) is 108 cm³/mol. The van der Waals surface area contributed by atoms with Crippen LogP contribution in [0.25, 0.3) is 0 Å². The van der Waals surface area contributed by atoms with Crippen molar-refractivity contribution >= 4 is 33.2 Å². The molecule has 0 radical (unpaired) electrons. The normalized spacial score (nSPS) is 12.2. The Kier molecular flexibility index (Phi) is 5.89. The Labute approximate surface area is 165 Å². The summed E-state index contributed by atoms with van der Waals surface area (Å²) in [7, 11) is 0. The highest BCUT2D eigenvalue weighted by molar-refractivity contribution is 9.10. The van der Waals surface area contributed by atoms with E-state index in [4.69, 9.17) is 0 Å². The van der Waals surface area contributed by atoms with Gasteiger partial charge >= 0.3 is 0 Å². The summed E-state index contributed by atoms with van der Waals surface area (Å²) in [5, 5.41) is 5.07. The van der Waals surface area contributed by atoms with Gasteiger partial charge in [0.05, 0.1) is 11.6 Å². The Morgan fingerprint density at radius 1 is 1.08 bits per heavy atom. The highest BCUT2D eigenvalue weighted by Crippen LogP contribution is 2.28. The summed E-state index contributed by atoms with van der Waals surface area (Å²) in [5.74, 6) is -0.176. The van der Waals surface area contributed by atoms with Crippen LogP contribution in [0.3, 0.4) is 0 Å². The summed E-state index contributed by atoms with van der Waals surface area (Å²) < 4.78 is 13.7. The Hall–Kier alpha value is -1.98.